The Hall–Kier alpha value is -1.88. The standard InChI is InChI=1S/C17H26N4O/c1-6-20(7-2)13-8-10-14(11-9-13)21-16(17(3,4)5)15(12-22)18-19-21/h8-11,22H,6-7,12H2,1-5H3. The van der Waals surface area contributed by atoms with E-state index in [0.717, 1.165) is 24.5 Å². The molecule has 120 valence electrons. The molecule has 0 atom stereocenters. The number of anilines is 1. The molecule has 2 aromatic rings. The van der Waals surface area contributed by atoms with Gasteiger partial charge < -0.3 is 10.0 Å². The maximum absolute atomic E-state index is 9.50. The van der Waals surface area contributed by atoms with Gasteiger partial charge in [0.1, 0.15) is 5.69 Å². The summed E-state index contributed by atoms with van der Waals surface area (Å²) in [6.45, 7) is 12.5. The summed E-state index contributed by atoms with van der Waals surface area (Å²) < 4.78 is 1.83. The van der Waals surface area contributed by atoms with Crippen molar-refractivity contribution in [2.24, 2.45) is 0 Å². The van der Waals surface area contributed by atoms with Crippen molar-refractivity contribution < 1.29 is 5.11 Å². The van der Waals surface area contributed by atoms with E-state index in [4.69, 9.17) is 0 Å². The molecule has 5 nitrogen and oxygen atoms in total. The minimum Gasteiger partial charge on any atom is -0.390 e. The highest BCUT2D eigenvalue weighted by Crippen LogP contribution is 2.27. The van der Waals surface area contributed by atoms with Crippen LogP contribution in [0.2, 0.25) is 0 Å². The summed E-state index contributed by atoms with van der Waals surface area (Å²) >= 11 is 0. The molecule has 0 aliphatic carbocycles. The Kier molecular flexibility index (Phi) is 4.86. The number of aromatic nitrogens is 3. The molecule has 1 aromatic carbocycles. The molecule has 0 radical (unpaired) electrons. The van der Waals surface area contributed by atoms with Crippen LogP contribution in [0.1, 0.15) is 46.0 Å². The Balaban J connectivity index is 2.43. The monoisotopic (exact) mass is 302 g/mol. The molecule has 0 amide bonds. The molecule has 0 saturated carbocycles. The molecule has 2 rings (SSSR count). The molecule has 0 fully saturated rings. The smallest absolute Gasteiger partial charge is 0.112 e. The van der Waals surface area contributed by atoms with Crippen molar-refractivity contribution in [3.05, 3.63) is 35.7 Å². The van der Waals surface area contributed by atoms with Crippen LogP contribution in [0, 0.1) is 0 Å². The van der Waals surface area contributed by atoms with Gasteiger partial charge in [0.15, 0.2) is 0 Å². The molecular weight excluding hydrogens is 276 g/mol. The van der Waals surface area contributed by atoms with E-state index in [-0.39, 0.29) is 12.0 Å². The summed E-state index contributed by atoms with van der Waals surface area (Å²) in [6, 6.07) is 8.32. The number of hydrogen-bond acceptors (Lipinski definition) is 4. The summed E-state index contributed by atoms with van der Waals surface area (Å²) in [5, 5.41) is 17.9. The third kappa shape index (κ3) is 3.14. The van der Waals surface area contributed by atoms with Crippen molar-refractivity contribution in [1.82, 2.24) is 15.0 Å². The fourth-order valence-corrected chi connectivity index (χ4v) is 2.74. The second-order valence-corrected chi connectivity index (χ2v) is 6.39. The molecule has 22 heavy (non-hydrogen) atoms. The normalized spacial score (nSPS) is 11.7. The van der Waals surface area contributed by atoms with Crippen molar-refractivity contribution in [3.8, 4) is 5.69 Å². The first-order chi connectivity index (χ1) is 10.4. The molecular formula is C17H26N4O. The van der Waals surface area contributed by atoms with E-state index < -0.39 is 0 Å². The van der Waals surface area contributed by atoms with Gasteiger partial charge in [0.2, 0.25) is 0 Å². The van der Waals surface area contributed by atoms with Crippen LogP contribution in [0.4, 0.5) is 5.69 Å². The average Bonchev–Trinajstić information content (AvgIpc) is 2.93. The number of rotatable bonds is 5. The zero-order valence-corrected chi connectivity index (χ0v) is 14.2. The Bertz CT molecular complexity index is 607. The van der Waals surface area contributed by atoms with Crippen molar-refractivity contribution in [2.45, 2.75) is 46.6 Å². The van der Waals surface area contributed by atoms with Crippen LogP contribution in [-0.4, -0.2) is 33.2 Å². The second-order valence-electron chi connectivity index (χ2n) is 6.39. The van der Waals surface area contributed by atoms with Gasteiger partial charge in [-0.15, -0.1) is 5.10 Å². The van der Waals surface area contributed by atoms with E-state index in [0.29, 0.717) is 5.69 Å². The minimum atomic E-state index is -0.140. The maximum atomic E-state index is 9.50. The van der Waals surface area contributed by atoms with E-state index in [1.807, 2.05) is 4.68 Å². The number of hydrogen-bond donors (Lipinski definition) is 1. The predicted octanol–water partition coefficient (Wildman–Crippen LogP) is 2.90. The highest BCUT2D eigenvalue weighted by molar-refractivity contribution is 5.51. The van der Waals surface area contributed by atoms with Crippen molar-refractivity contribution in [1.29, 1.82) is 0 Å². The maximum Gasteiger partial charge on any atom is 0.112 e. The first-order valence-electron chi connectivity index (χ1n) is 7.83. The van der Waals surface area contributed by atoms with E-state index in [1.165, 1.54) is 5.69 Å². The summed E-state index contributed by atoms with van der Waals surface area (Å²) in [5.41, 5.74) is 3.62. The lowest BCUT2D eigenvalue weighted by atomic mass is 9.90. The fraction of sp³-hybridized carbons (Fsp3) is 0.529. The van der Waals surface area contributed by atoms with Crippen molar-refractivity contribution in [3.63, 3.8) is 0 Å². The van der Waals surface area contributed by atoms with Gasteiger partial charge in [-0.1, -0.05) is 26.0 Å². The molecule has 0 saturated heterocycles. The van der Waals surface area contributed by atoms with Crippen LogP contribution in [-0.2, 0) is 12.0 Å². The topological polar surface area (TPSA) is 54.2 Å². The summed E-state index contributed by atoms with van der Waals surface area (Å²) in [6.07, 6.45) is 0. The van der Waals surface area contributed by atoms with E-state index >= 15 is 0 Å². The van der Waals surface area contributed by atoms with Crippen LogP contribution in [0.5, 0.6) is 0 Å². The number of nitrogens with zero attached hydrogens (tertiary/aromatic N) is 4. The van der Waals surface area contributed by atoms with Gasteiger partial charge in [0.25, 0.3) is 0 Å². The van der Waals surface area contributed by atoms with E-state index in [2.05, 4.69) is 74.1 Å². The van der Waals surface area contributed by atoms with Crippen LogP contribution >= 0.6 is 0 Å². The molecule has 1 heterocycles. The molecule has 5 heteroatoms. The third-order valence-corrected chi connectivity index (χ3v) is 3.82. The highest BCUT2D eigenvalue weighted by Gasteiger charge is 2.25. The second kappa shape index (κ2) is 6.48. The molecule has 0 unspecified atom stereocenters. The first kappa shape index (κ1) is 16.5. The number of benzene rings is 1. The lowest BCUT2D eigenvalue weighted by Crippen LogP contribution is -2.22. The average molecular weight is 302 g/mol. The van der Waals surface area contributed by atoms with Crippen LogP contribution in [0.25, 0.3) is 5.69 Å². The first-order valence-corrected chi connectivity index (χ1v) is 7.83. The Morgan fingerprint density at radius 1 is 1.09 bits per heavy atom. The molecule has 0 aliphatic heterocycles. The highest BCUT2D eigenvalue weighted by atomic mass is 16.3. The molecule has 0 aliphatic rings. The molecule has 0 spiro atoms. The van der Waals surface area contributed by atoms with Gasteiger partial charge in [-0.25, -0.2) is 4.68 Å². The summed E-state index contributed by atoms with van der Waals surface area (Å²) in [4.78, 5) is 2.30. The van der Waals surface area contributed by atoms with Crippen LogP contribution in [0.3, 0.4) is 0 Å². The Morgan fingerprint density at radius 2 is 1.68 bits per heavy atom. The molecule has 1 aromatic heterocycles. The predicted molar refractivity (Wildman–Crippen MR) is 89.5 cm³/mol. The number of aliphatic hydroxyl groups excluding tert-OH is 1. The lowest BCUT2D eigenvalue weighted by molar-refractivity contribution is 0.273. The zero-order valence-electron chi connectivity index (χ0n) is 14.2. The van der Waals surface area contributed by atoms with Gasteiger partial charge >= 0.3 is 0 Å². The minimum absolute atomic E-state index is 0.0931. The van der Waals surface area contributed by atoms with Crippen molar-refractivity contribution in [2.75, 3.05) is 18.0 Å². The van der Waals surface area contributed by atoms with Crippen LogP contribution in [0.15, 0.2) is 24.3 Å². The summed E-state index contributed by atoms with van der Waals surface area (Å²) in [7, 11) is 0. The number of aliphatic hydroxyl groups is 1. The lowest BCUT2D eigenvalue weighted by Gasteiger charge is -2.23. The van der Waals surface area contributed by atoms with Gasteiger partial charge in [-0.05, 0) is 38.1 Å². The quantitative estimate of drug-likeness (QED) is 0.922. The zero-order chi connectivity index (χ0) is 16.3. The Labute approximate surface area is 132 Å². The Morgan fingerprint density at radius 3 is 2.14 bits per heavy atom. The largest absolute Gasteiger partial charge is 0.390 e. The van der Waals surface area contributed by atoms with Gasteiger partial charge in [0.05, 0.1) is 18.0 Å². The third-order valence-electron chi connectivity index (χ3n) is 3.82. The van der Waals surface area contributed by atoms with Gasteiger partial charge in [-0.2, -0.15) is 0 Å². The van der Waals surface area contributed by atoms with E-state index in [1.54, 1.807) is 0 Å². The fourth-order valence-electron chi connectivity index (χ4n) is 2.74. The van der Waals surface area contributed by atoms with E-state index in [9.17, 15) is 5.11 Å². The summed E-state index contributed by atoms with van der Waals surface area (Å²) in [5.74, 6) is 0. The van der Waals surface area contributed by atoms with Gasteiger partial charge in [0, 0.05) is 24.2 Å². The molecule has 0 bridgehead atoms. The SMILES string of the molecule is CCN(CC)c1ccc(-n2nnc(CO)c2C(C)(C)C)cc1. The van der Waals surface area contributed by atoms with Crippen molar-refractivity contribution >= 4 is 5.69 Å². The van der Waals surface area contributed by atoms with Crippen LogP contribution < -0.4 is 4.90 Å². The molecule has 1 N–H and O–H groups in total. The van der Waals surface area contributed by atoms with Gasteiger partial charge in [-0.3, -0.25) is 0 Å².